The predicted octanol–water partition coefficient (Wildman–Crippen LogP) is 32.0. The highest BCUT2D eigenvalue weighted by molar-refractivity contribution is 9.11. The molecule has 4 amide bonds. The molecule has 17 nitrogen and oxygen atoms in total. The number of nitrogens with one attached hydrogen (secondary N) is 3. The number of urea groups is 2. The lowest BCUT2D eigenvalue weighted by Crippen LogP contribution is -2.48. The van der Waals surface area contributed by atoms with E-state index in [1.54, 1.807) is 21.9 Å². The number of amides is 4. The molecule has 1 aliphatic rings. The van der Waals surface area contributed by atoms with E-state index in [0.717, 1.165) is 91.9 Å². The molecule has 14 aromatic rings. The van der Waals surface area contributed by atoms with E-state index in [-0.39, 0.29) is 40.5 Å². The standard InChI is InChI=1S/C23H20Br2N2O2.C23H22Br2N2O2.C16H18BrNO.C16H16BrNO.C10H11BrO.C10H12O.C7H4BrNO.C6H6BrN/c1-2-23(29)21(16-6-4-3-5-7-16)26(19-12-8-17(24)9-13-19)22(28)27(23)20-14-10-18(25)11-15-20;1-2-21(28)22(16-6-4-3-5-7-16)27(20-14-10-18(25)11-15-20)23(29)26-19-12-8-17(24)9-13-19;2*1-2-15(19)16(12-6-4-3-5-7-12)18-14-10-8-13(17)9-11-14;1-2-9(12)10(11)8-6-4-3-5-7-8;1-2-10(11)8-9-6-4-3-5-7-9;8-6-1-3-7(4-2-6)9-5-10;7-5-1-3-6(8)4-2-5/h3-15,21,29H,2H2,1H3;3-15,21-22,28H,2H2,1H3,(H,26,29);3-11,15-16,18-19H,2H2,1H3;3-11,16,18H,2H2,1H3;3-7,10H,2H2,1H3;3-7H,2,8H2,1H3;1-4H;1-4H,8H2. The van der Waals surface area contributed by atoms with Crippen LogP contribution >= 0.6 is 143 Å². The molecule has 1 aliphatic heterocycles. The molecular weight excluding hydrogens is 2310 g/mol. The molecule has 0 saturated carbocycles. The number of carbonyl (C=O) groups excluding carboxylic acids is 6. The zero-order valence-corrected chi connectivity index (χ0v) is 90.6. The van der Waals surface area contributed by atoms with Gasteiger partial charge in [0.1, 0.15) is 17.9 Å². The van der Waals surface area contributed by atoms with Crippen molar-refractivity contribution in [3.05, 3.63) is 445 Å². The number of isocyanates is 1. The molecule has 8 unspecified atom stereocenters. The Morgan fingerprint density at radius 2 is 0.803 bits per heavy atom. The quantitative estimate of drug-likeness (QED) is 0.0110. The summed E-state index contributed by atoms with van der Waals surface area (Å²) in [6.07, 6.45) is 4.23. The lowest BCUT2D eigenvalue weighted by atomic mass is 9.92. The molecule has 15 rings (SSSR count). The number of nitrogen functional groups attached to an aromatic ring is 1. The van der Waals surface area contributed by atoms with Crippen molar-refractivity contribution < 1.29 is 44.1 Å². The number of anilines is 7. The summed E-state index contributed by atoms with van der Waals surface area (Å²) in [6, 6.07) is 117. The number of aliphatic hydroxyl groups is 3. The highest BCUT2D eigenvalue weighted by Gasteiger charge is 2.57. The third kappa shape index (κ3) is 36.4. The largest absolute Gasteiger partial charge is 0.399 e. The average Bonchev–Trinajstić information content (AvgIpc) is 1.56. The Bertz CT molecular complexity index is 5930. The summed E-state index contributed by atoms with van der Waals surface area (Å²) in [5.74, 6) is 0.714. The van der Waals surface area contributed by atoms with Crippen LogP contribution in [0, 0.1) is 0 Å². The lowest BCUT2D eigenvalue weighted by molar-refractivity contribution is -0.120. The van der Waals surface area contributed by atoms with E-state index >= 15 is 0 Å². The molecule has 1 saturated heterocycles. The summed E-state index contributed by atoms with van der Waals surface area (Å²) >= 11 is 30.5. The molecule has 137 heavy (non-hydrogen) atoms. The van der Waals surface area contributed by atoms with Gasteiger partial charge in [0.05, 0.1) is 34.8 Å². The average molecular weight is 2420 g/mol. The van der Waals surface area contributed by atoms with Crippen molar-refractivity contribution in [3.8, 4) is 0 Å². The number of benzene rings is 14. The number of carbonyl (C=O) groups is 5. The van der Waals surface area contributed by atoms with Crippen molar-refractivity contribution in [1.29, 1.82) is 0 Å². The van der Waals surface area contributed by atoms with Crippen LogP contribution in [-0.2, 0) is 25.6 Å². The van der Waals surface area contributed by atoms with Crippen LogP contribution in [0.15, 0.2) is 417 Å². The Morgan fingerprint density at radius 1 is 0.431 bits per heavy atom. The minimum Gasteiger partial charge on any atom is -0.399 e. The third-order valence-corrected chi connectivity index (χ3v) is 26.5. The van der Waals surface area contributed by atoms with Crippen LogP contribution < -0.4 is 36.4 Å². The minimum atomic E-state index is -1.40. The topological polar surface area (TPSA) is 247 Å². The maximum atomic E-state index is 13.7. The molecular formula is C111H109Br9N8O9. The van der Waals surface area contributed by atoms with Crippen LogP contribution in [-0.4, -0.2) is 68.7 Å². The normalized spacial score (nSPS) is 13.9. The monoisotopic (exact) mass is 2410 g/mol. The molecule has 1 heterocycles. The van der Waals surface area contributed by atoms with Gasteiger partial charge in [0.25, 0.3) is 0 Å². The molecule has 0 aromatic heterocycles. The van der Waals surface area contributed by atoms with Crippen LogP contribution in [0.5, 0.6) is 0 Å². The smallest absolute Gasteiger partial charge is 0.332 e. The zero-order valence-electron chi connectivity index (χ0n) is 76.3. The number of ketones is 3. The molecule has 26 heteroatoms. The van der Waals surface area contributed by atoms with Crippen LogP contribution in [0.3, 0.4) is 0 Å². The van der Waals surface area contributed by atoms with E-state index in [2.05, 4.69) is 164 Å². The van der Waals surface area contributed by atoms with Crippen LogP contribution in [0.25, 0.3) is 0 Å². The Labute approximate surface area is 879 Å². The van der Waals surface area contributed by atoms with Crippen molar-refractivity contribution in [1.82, 2.24) is 0 Å². The van der Waals surface area contributed by atoms with E-state index in [1.165, 1.54) is 11.0 Å². The highest BCUT2D eigenvalue weighted by Crippen LogP contribution is 2.49. The lowest BCUT2D eigenvalue weighted by Gasteiger charge is -2.36. The SMILES string of the molecule is CCC(=O)C(Br)c1ccccc1.CCC(=O)C(Nc1ccc(Br)cc1)c1ccccc1.CCC(=O)Cc1ccccc1.CCC(O)C(Nc1ccc(Br)cc1)c1ccccc1.CCC(O)C(c1ccccc1)N(C(=O)Nc1ccc(Br)cc1)c1ccc(Br)cc1.CCC1(O)C(c2ccccc2)N(c2ccc(Br)cc2)C(=O)N1c1ccc(Br)cc1.Nc1ccc(Br)cc1.O=C=Nc1ccc(Br)cc1. The predicted molar refractivity (Wildman–Crippen MR) is 593 cm³/mol. The highest BCUT2D eigenvalue weighted by atomic mass is 79.9. The van der Waals surface area contributed by atoms with Crippen molar-refractivity contribution in [3.63, 3.8) is 0 Å². The third-order valence-electron chi connectivity index (χ3n) is 21.2. The van der Waals surface area contributed by atoms with Gasteiger partial charge in [0, 0.05) is 101 Å². The van der Waals surface area contributed by atoms with Crippen LogP contribution in [0.1, 0.15) is 142 Å². The molecule has 0 aliphatic carbocycles. The number of hydrogen-bond acceptors (Lipinski definition) is 13. The molecule has 0 spiro atoms. The van der Waals surface area contributed by atoms with Gasteiger partial charge in [-0.05, 0) is 247 Å². The second-order valence-corrected chi connectivity index (χ2v) is 39.1. The Kier molecular flexibility index (Phi) is 48.8. The fourth-order valence-electron chi connectivity index (χ4n) is 13.9. The maximum absolute atomic E-state index is 13.7. The summed E-state index contributed by atoms with van der Waals surface area (Å²) in [5, 5.41) is 42.6. The summed E-state index contributed by atoms with van der Waals surface area (Å²) < 4.78 is 7.80. The minimum absolute atomic E-state index is 0.0904. The number of halogens is 9. The molecule has 8 N–H and O–H groups in total. The molecule has 0 radical (unpaired) electrons. The summed E-state index contributed by atoms with van der Waals surface area (Å²) in [4.78, 5) is 79.3. The fraction of sp³-hybridized carbons (Fsp3) is 0.189. The van der Waals surface area contributed by atoms with E-state index < -0.39 is 30.0 Å². The van der Waals surface area contributed by atoms with E-state index in [9.17, 15) is 44.1 Å². The molecule has 710 valence electrons. The van der Waals surface area contributed by atoms with Crippen molar-refractivity contribution in [2.75, 3.05) is 36.4 Å². The number of hydrogen-bond donors (Lipinski definition) is 7. The first-order chi connectivity index (χ1) is 66.0. The number of Topliss-reactive ketones (excluding diaryl/α,β-unsaturated/α-hetero) is 3. The molecule has 0 bridgehead atoms. The fourth-order valence-corrected chi connectivity index (χ4v) is 16.7. The molecule has 1 fully saturated rings. The first-order valence-electron chi connectivity index (χ1n) is 44.3. The summed E-state index contributed by atoms with van der Waals surface area (Å²) in [7, 11) is 0. The van der Waals surface area contributed by atoms with Gasteiger partial charge in [0.15, 0.2) is 17.3 Å². The number of alkyl halides is 1. The van der Waals surface area contributed by atoms with Gasteiger partial charge < -0.3 is 37.0 Å². The van der Waals surface area contributed by atoms with Gasteiger partial charge in [-0.1, -0.05) is 367 Å². The summed E-state index contributed by atoms with van der Waals surface area (Å²) in [5.41, 5.74) is 16.1. The first kappa shape index (κ1) is 112. The Balaban J connectivity index is 0.000000199. The van der Waals surface area contributed by atoms with Crippen molar-refractivity contribution in [2.45, 2.75) is 133 Å². The Hall–Kier alpha value is -10.4. The zero-order chi connectivity index (χ0) is 99.2. The van der Waals surface area contributed by atoms with Gasteiger partial charge in [-0.15, -0.1) is 0 Å². The van der Waals surface area contributed by atoms with Crippen molar-refractivity contribution in [2.24, 2.45) is 4.99 Å². The second kappa shape index (κ2) is 59.8. The van der Waals surface area contributed by atoms with Crippen LogP contribution in [0.4, 0.5) is 55.1 Å². The van der Waals surface area contributed by atoms with Crippen LogP contribution in [0.2, 0.25) is 0 Å². The summed E-state index contributed by atoms with van der Waals surface area (Å²) in [6.45, 7) is 11.5. The first-order valence-corrected chi connectivity index (χ1v) is 51.5. The van der Waals surface area contributed by atoms with E-state index in [4.69, 9.17) is 5.73 Å². The van der Waals surface area contributed by atoms with Gasteiger partial charge >= 0.3 is 12.1 Å². The van der Waals surface area contributed by atoms with E-state index in [0.29, 0.717) is 73.5 Å². The number of aliphatic hydroxyl groups excluding tert-OH is 2. The number of aliphatic imine (C=N–C) groups is 1. The van der Waals surface area contributed by atoms with Crippen molar-refractivity contribution >= 4 is 224 Å². The number of rotatable bonds is 27. The molecule has 14 aromatic carbocycles. The van der Waals surface area contributed by atoms with E-state index in [1.807, 2.05) is 406 Å². The van der Waals surface area contributed by atoms with Gasteiger partial charge in [0.2, 0.25) is 6.08 Å². The Morgan fingerprint density at radius 3 is 1.22 bits per heavy atom. The number of nitrogens with two attached hydrogens (primary N) is 1. The van der Waals surface area contributed by atoms with Gasteiger partial charge in [-0.2, -0.15) is 4.99 Å². The molecule has 8 atom stereocenters. The van der Waals surface area contributed by atoms with Gasteiger partial charge in [-0.25, -0.2) is 14.4 Å². The van der Waals surface area contributed by atoms with Gasteiger partial charge in [-0.3, -0.25) is 29.1 Å². The maximum Gasteiger partial charge on any atom is 0.332 e. The second-order valence-electron chi connectivity index (χ2n) is 30.8. The number of nitrogens with zero attached hydrogens (tertiary/aromatic N) is 4.